The molecule has 7 nitrogen and oxygen atoms in total. The number of halogens is 1. The van der Waals surface area contributed by atoms with E-state index in [0.29, 0.717) is 16.1 Å². The van der Waals surface area contributed by atoms with E-state index in [-0.39, 0.29) is 29.3 Å². The Morgan fingerprint density at radius 3 is 2.75 bits per heavy atom. The highest BCUT2D eigenvalue weighted by Gasteiger charge is 2.18. The smallest absolute Gasteiger partial charge is 0.357 e. The Balaban J connectivity index is 2.39. The van der Waals surface area contributed by atoms with Crippen LogP contribution in [0.15, 0.2) is 35.1 Å². The number of H-pyrrole nitrogens is 1. The predicted octanol–water partition coefficient (Wildman–Crippen LogP) is 2.40. The quantitative estimate of drug-likeness (QED) is 0.706. The van der Waals surface area contributed by atoms with E-state index in [4.69, 9.17) is 22.1 Å². The monoisotopic (exact) mass is 344 g/mol. The number of carbonyl (C=O) groups is 1. The summed E-state index contributed by atoms with van der Waals surface area (Å²) >= 11 is 6.24. The molecule has 0 saturated heterocycles. The molecule has 122 valence electrons. The van der Waals surface area contributed by atoms with Crippen molar-refractivity contribution in [1.29, 1.82) is 0 Å². The molecule has 8 heteroatoms. The number of aromatic nitrogens is 3. The number of anilines is 1. The van der Waals surface area contributed by atoms with E-state index in [9.17, 15) is 9.59 Å². The Labute approximate surface area is 141 Å². The van der Waals surface area contributed by atoms with Gasteiger partial charge in [0, 0.05) is 16.1 Å². The summed E-state index contributed by atoms with van der Waals surface area (Å²) in [5, 5.41) is 0.626. The summed E-state index contributed by atoms with van der Waals surface area (Å²) in [7, 11) is 0. The number of nitrogens with two attached hydrogens (primary N) is 1. The Bertz CT molecular complexity index is 1000. The molecule has 0 saturated carbocycles. The largest absolute Gasteiger partial charge is 0.461 e. The van der Waals surface area contributed by atoms with Gasteiger partial charge in [0.05, 0.1) is 12.0 Å². The molecule has 0 aliphatic heterocycles. The van der Waals surface area contributed by atoms with Crippen molar-refractivity contribution >= 4 is 34.6 Å². The van der Waals surface area contributed by atoms with Gasteiger partial charge < -0.3 is 10.5 Å². The molecule has 3 rings (SSSR count). The molecular weight excluding hydrogens is 332 g/mol. The summed E-state index contributed by atoms with van der Waals surface area (Å²) in [4.78, 5) is 34.9. The van der Waals surface area contributed by atoms with Gasteiger partial charge in [-0.25, -0.2) is 9.78 Å². The summed E-state index contributed by atoms with van der Waals surface area (Å²) < 4.78 is 4.98. The fourth-order valence-corrected chi connectivity index (χ4v) is 2.60. The fourth-order valence-electron chi connectivity index (χ4n) is 2.36. The Kier molecular flexibility index (Phi) is 4.18. The normalized spacial score (nSPS) is 10.8. The molecule has 0 aliphatic carbocycles. The van der Waals surface area contributed by atoms with Gasteiger partial charge in [0.1, 0.15) is 0 Å². The molecule has 0 spiro atoms. The number of benzene rings is 1. The maximum atomic E-state index is 12.3. The van der Waals surface area contributed by atoms with Crippen LogP contribution in [0.1, 0.15) is 17.4 Å². The number of aromatic amines is 1. The number of rotatable bonds is 3. The van der Waals surface area contributed by atoms with Gasteiger partial charge in [-0.15, -0.1) is 0 Å². The lowest BCUT2D eigenvalue weighted by Gasteiger charge is -2.10. The van der Waals surface area contributed by atoms with Gasteiger partial charge in [-0.1, -0.05) is 29.8 Å². The zero-order chi connectivity index (χ0) is 17.3. The average Bonchev–Trinajstić information content (AvgIpc) is 2.54. The second kappa shape index (κ2) is 6.29. The van der Waals surface area contributed by atoms with Gasteiger partial charge in [-0.05, 0) is 19.1 Å². The highest BCUT2D eigenvalue weighted by atomic mass is 35.5. The van der Waals surface area contributed by atoms with Gasteiger partial charge in [-0.2, -0.15) is 4.98 Å². The van der Waals surface area contributed by atoms with Gasteiger partial charge >= 0.3 is 5.97 Å². The molecule has 0 atom stereocenters. The van der Waals surface area contributed by atoms with Crippen molar-refractivity contribution in [3.8, 4) is 11.1 Å². The van der Waals surface area contributed by atoms with Crippen molar-refractivity contribution in [3.05, 3.63) is 51.4 Å². The minimum atomic E-state index is -0.617. The molecule has 0 aliphatic rings. The minimum absolute atomic E-state index is 0.0248. The predicted molar refractivity (Wildman–Crippen MR) is 91.0 cm³/mol. The summed E-state index contributed by atoms with van der Waals surface area (Å²) in [6.07, 6.45) is 0. The van der Waals surface area contributed by atoms with Gasteiger partial charge in [-0.3, -0.25) is 9.78 Å². The van der Waals surface area contributed by atoms with Crippen molar-refractivity contribution in [2.75, 3.05) is 12.3 Å². The van der Waals surface area contributed by atoms with Gasteiger partial charge in [0.2, 0.25) is 5.95 Å². The minimum Gasteiger partial charge on any atom is -0.461 e. The molecule has 0 fully saturated rings. The van der Waals surface area contributed by atoms with Crippen LogP contribution in [0.25, 0.3) is 22.2 Å². The van der Waals surface area contributed by atoms with E-state index in [1.54, 1.807) is 31.2 Å². The Morgan fingerprint density at radius 2 is 2.04 bits per heavy atom. The van der Waals surface area contributed by atoms with Crippen LogP contribution in [0.2, 0.25) is 5.02 Å². The van der Waals surface area contributed by atoms with Gasteiger partial charge in [0.25, 0.3) is 5.56 Å². The van der Waals surface area contributed by atoms with Crippen molar-refractivity contribution in [3.63, 3.8) is 0 Å². The van der Waals surface area contributed by atoms with Crippen LogP contribution < -0.4 is 11.3 Å². The maximum absolute atomic E-state index is 12.3. The number of nitrogen functional groups attached to an aromatic ring is 1. The number of fused-ring (bicyclic) bond motifs is 1. The van der Waals surface area contributed by atoms with Crippen molar-refractivity contribution in [1.82, 2.24) is 15.0 Å². The summed E-state index contributed by atoms with van der Waals surface area (Å²) in [6.45, 7) is 1.89. The van der Waals surface area contributed by atoms with Crippen LogP contribution in [-0.4, -0.2) is 27.5 Å². The van der Waals surface area contributed by atoms with Crippen LogP contribution in [0, 0.1) is 0 Å². The van der Waals surface area contributed by atoms with Crippen molar-refractivity contribution in [2.45, 2.75) is 6.92 Å². The molecular formula is C16H13ClN4O3. The summed E-state index contributed by atoms with van der Waals surface area (Å²) in [5.41, 5.74) is 6.20. The second-order valence-corrected chi connectivity index (χ2v) is 5.31. The lowest BCUT2D eigenvalue weighted by atomic mass is 10.0. The zero-order valence-corrected chi connectivity index (χ0v) is 13.4. The van der Waals surface area contributed by atoms with E-state index < -0.39 is 11.5 Å². The highest BCUT2D eigenvalue weighted by molar-refractivity contribution is 6.33. The first-order chi connectivity index (χ1) is 11.5. The Hall–Kier alpha value is -2.93. The van der Waals surface area contributed by atoms with Crippen LogP contribution in [0.5, 0.6) is 0 Å². The molecule has 24 heavy (non-hydrogen) atoms. The second-order valence-electron chi connectivity index (χ2n) is 4.91. The molecule has 0 unspecified atom stereocenters. The third kappa shape index (κ3) is 2.81. The number of pyridine rings is 1. The molecule has 1 aromatic carbocycles. The third-order valence-corrected chi connectivity index (χ3v) is 3.67. The standard InChI is InChI=1S/C16H13ClN4O3/c1-2-24-15(23)11-7-9(8-5-3-4-6-10(8)17)12-13(19-11)20-16(18)21-14(12)22/h3-7H,2H2,1H3,(H3,18,19,20,21,22). The first kappa shape index (κ1) is 15.9. The van der Waals surface area contributed by atoms with E-state index in [0.717, 1.165) is 0 Å². The van der Waals surface area contributed by atoms with E-state index in [2.05, 4.69) is 15.0 Å². The number of nitrogens with one attached hydrogen (secondary N) is 1. The van der Waals surface area contributed by atoms with Gasteiger partial charge in [0.15, 0.2) is 11.3 Å². The number of esters is 1. The SMILES string of the molecule is CCOC(=O)c1cc(-c2ccccc2Cl)c2c(=O)[nH]c(N)nc2n1. The molecule has 0 bridgehead atoms. The maximum Gasteiger partial charge on any atom is 0.357 e. The van der Waals surface area contributed by atoms with E-state index >= 15 is 0 Å². The fraction of sp³-hybridized carbons (Fsp3) is 0.125. The zero-order valence-electron chi connectivity index (χ0n) is 12.7. The lowest BCUT2D eigenvalue weighted by Crippen LogP contribution is -2.15. The average molecular weight is 345 g/mol. The van der Waals surface area contributed by atoms with Crippen LogP contribution >= 0.6 is 11.6 Å². The first-order valence-corrected chi connectivity index (χ1v) is 7.51. The van der Waals surface area contributed by atoms with E-state index in [1.807, 2.05) is 0 Å². The molecule has 0 radical (unpaired) electrons. The third-order valence-electron chi connectivity index (χ3n) is 3.34. The summed E-state index contributed by atoms with van der Waals surface area (Å²) in [5.74, 6) is -0.709. The molecule has 3 N–H and O–H groups in total. The highest BCUT2D eigenvalue weighted by Crippen LogP contribution is 2.31. The Morgan fingerprint density at radius 1 is 1.29 bits per heavy atom. The van der Waals surface area contributed by atoms with Crippen molar-refractivity contribution in [2.24, 2.45) is 0 Å². The summed E-state index contributed by atoms with van der Waals surface area (Å²) in [6, 6.07) is 8.43. The number of hydrogen-bond donors (Lipinski definition) is 2. The van der Waals surface area contributed by atoms with E-state index in [1.165, 1.54) is 6.07 Å². The first-order valence-electron chi connectivity index (χ1n) is 7.13. The molecule has 2 aromatic heterocycles. The number of hydrogen-bond acceptors (Lipinski definition) is 6. The molecule has 2 heterocycles. The lowest BCUT2D eigenvalue weighted by molar-refractivity contribution is 0.0520. The molecule has 0 amide bonds. The number of carbonyl (C=O) groups excluding carboxylic acids is 1. The number of ether oxygens (including phenoxy) is 1. The topological polar surface area (TPSA) is 111 Å². The molecule has 3 aromatic rings. The van der Waals surface area contributed by atoms with Crippen LogP contribution in [0.3, 0.4) is 0 Å². The van der Waals surface area contributed by atoms with Crippen LogP contribution in [0.4, 0.5) is 5.95 Å². The number of nitrogens with zero attached hydrogens (tertiary/aromatic N) is 2. The van der Waals surface area contributed by atoms with Crippen LogP contribution in [-0.2, 0) is 4.74 Å². The van der Waals surface area contributed by atoms with Crippen molar-refractivity contribution < 1.29 is 9.53 Å².